The second kappa shape index (κ2) is 7.62. The Morgan fingerprint density at radius 1 is 1.24 bits per heavy atom. The minimum absolute atomic E-state index is 0.0323. The highest BCUT2D eigenvalue weighted by Gasteiger charge is 2.25. The molecule has 2 atom stereocenters. The number of piperidine rings is 1. The van der Waals surface area contributed by atoms with Gasteiger partial charge in [-0.05, 0) is 63.3 Å². The molecule has 0 bridgehead atoms. The fraction of sp³-hybridized carbons (Fsp3) is 0.667. The Morgan fingerprint density at radius 3 is 2.52 bits per heavy atom. The van der Waals surface area contributed by atoms with Crippen LogP contribution in [0.15, 0.2) is 12.1 Å². The molecular weight excluding hydrogens is 282 g/mol. The number of rotatable bonds is 5. The fourth-order valence-electron chi connectivity index (χ4n) is 3.76. The van der Waals surface area contributed by atoms with Gasteiger partial charge in [-0.1, -0.05) is 24.1 Å². The van der Waals surface area contributed by atoms with Gasteiger partial charge in [0, 0.05) is 19.2 Å². The van der Waals surface area contributed by atoms with Crippen LogP contribution in [0.4, 0.5) is 0 Å². The molecule has 0 amide bonds. The summed E-state index contributed by atoms with van der Waals surface area (Å²) in [5.74, 6) is 0. The van der Waals surface area contributed by atoms with Gasteiger partial charge in [-0.2, -0.15) is 0 Å². The van der Waals surface area contributed by atoms with Gasteiger partial charge in [-0.3, -0.25) is 4.90 Å². The summed E-state index contributed by atoms with van der Waals surface area (Å²) in [7, 11) is 0. The highest BCUT2D eigenvalue weighted by Crippen LogP contribution is 2.31. The molecule has 0 radical (unpaired) electrons. The van der Waals surface area contributed by atoms with Crippen molar-refractivity contribution in [2.45, 2.75) is 57.9 Å². The van der Waals surface area contributed by atoms with E-state index in [-0.39, 0.29) is 12.0 Å². The van der Waals surface area contributed by atoms with Crippen LogP contribution in [0.3, 0.4) is 0 Å². The van der Waals surface area contributed by atoms with Gasteiger partial charge >= 0.3 is 0 Å². The van der Waals surface area contributed by atoms with Crippen molar-refractivity contribution in [3.63, 3.8) is 0 Å². The number of hydrogen-bond donors (Lipinski definition) is 1. The van der Waals surface area contributed by atoms with E-state index in [1.165, 1.54) is 41.5 Å². The molecule has 0 aliphatic carbocycles. The summed E-state index contributed by atoms with van der Waals surface area (Å²) in [5.41, 5.74) is 5.18. The zero-order valence-electron chi connectivity index (χ0n) is 13.5. The highest BCUT2D eigenvalue weighted by molar-refractivity contribution is 6.21. The Balaban J connectivity index is 2.11. The van der Waals surface area contributed by atoms with Gasteiger partial charge in [0.05, 0.1) is 5.38 Å². The summed E-state index contributed by atoms with van der Waals surface area (Å²) in [5, 5.41) is 9.28. The van der Waals surface area contributed by atoms with E-state index in [2.05, 4.69) is 37.8 Å². The minimum Gasteiger partial charge on any atom is -0.396 e. The van der Waals surface area contributed by atoms with Crippen molar-refractivity contribution in [2.24, 2.45) is 0 Å². The average molecular weight is 310 g/mol. The number of benzene rings is 1. The molecule has 2 rings (SSSR count). The molecule has 3 heteroatoms. The largest absolute Gasteiger partial charge is 0.396 e. The Hall–Kier alpha value is -0.570. The van der Waals surface area contributed by atoms with Crippen LogP contribution in [0.25, 0.3) is 0 Å². The van der Waals surface area contributed by atoms with Crippen LogP contribution in [-0.4, -0.2) is 35.7 Å². The van der Waals surface area contributed by atoms with Crippen LogP contribution >= 0.6 is 11.6 Å². The van der Waals surface area contributed by atoms with E-state index in [0.29, 0.717) is 6.04 Å². The van der Waals surface area contributed by atoms with Crippen LogP contribution in [0, 0.1) is 20.8 Å². The quantitative estimate of drug-likeness (QED) is 0.827. The molecular formula is C18H28ClNO. The summed E-state index contributed by atoms with van der Waals surface area (Å²) in [6.07, 6.45) is 4.58. The maximum atomic E-state index is 9.25. The summed E-state index contributed by atoms with van der Waals surface area (Å²) >= 11 is 6.76. The minimum atomic E-state index is 0.0323. The molecule has 1 fully saturated rings. The molecule has 2 unspecified atom stereocenters. The van der Waals surface area contributed by atoms with Gasteiger partial charge in [0.25, 0.3) is 0 Å². The second-order valence-corrected chi connectivity index (χ2v) is 6.96. The molecule has 1 N–H and O–H groups in total. The van der Waals surface area contributed by atoms with Crippen molar-refractivity contribution >= 4 is 11.6 Å². The molecule has 0 aromatic heterocycles. The van der Waals surface area contributed by atoms with E-state index in [0.717, 1.165) is 19.5 Å². The van der Waals surface area contributed by atoms with E-state index < -0.39 is 0 Å². The summed E-state index contributed by atoms with van der Waals surface area (Å²) in [4.78, 5) is 2.48. The first kappa shape index (κ1) is 16.8. The SMILES string of the molecule is Cc1cc(C)c(C(Cl)CN2CCCCC2CCO)c(C)c1. The highest BCUT2D eigenvalue weighted by atomic mass is 35.5. The van der Waals surface area contributed by atoms with Gasteiger partial charge < -0.3 is 5.11 Å². The number of nitrogens with zero attached hydrogens (tertiary/aromatic N) is 1. The first-order chi connectivity index (χ1) is 10.0. The van der Waals surface area contributed by atoms with E-state index in [4.69, 9.17) is 11.6 Å². The van der Waals surface area contributed by atoms with Crippen LogP contribution in [0.2, 0.25) is 0 Å². The first-order valence-electron chi connectivity index (χ1n) is 8.09. The topological polar surface area (TPSA) is 23.5 Å². The fourth-order valence-corrected chi connectivity index (χ4v) is 4.28. The summed E-state index contributed by atoms with van der Waals surface area (Å²) in [6.45, 7) is 8.72. The molecule has 1 saturated heterocycles. The van der Waals surface area contributed by atoms with Crippen molar-refractivity contribution in [1.82, 2.24) is 4.90 Å². The van der Waals surface area contributed by atoms with Gasteiger partial charge in [0.2, 0.25) is 0 Å². The van der Waals surface area contributed by atoms with Crippen molar-refractivity contribution in [3.05, 3.63) is 34.4 Å². The number of aliphatic hydroxyl groups is 1. The molecule has 1 aromatic rings. The number of aryl methyl sites for hydroxylation is 3. The van der Waals surface area contributed by atoms with E-state index in [1.54, 1.807) is 0 Å². The van der Waals surface area contributed by atoms with Crippen molar-refractivity contribution in [2.75, 3.05) is 19.7 Å². The third-order valence-electron chi connectivity index (χ3n) is 4.66. The molecule has 118 valence electrons. The lowest BCUT2D eigenvalue weighted by Crippen LogP contribution is -2.41. The first-order valence-corrected chi connectivity index (χ1v) is 8.53. The predicted molar refractivity (Wildman–Crippen MR) is 90.2 cm³/mol. The van der Waals surface area contributed by atoms with E-state index in [1.807, 2.05) is 0 Å². The lowest BCUT2D eigenvalue weighted by atomic mass is 9.95. The van der Waals surface area contributed by atoms with Crippen LogP contribution < -0.4 is 0 Å². The van der Waals surface area contributed by atoms with E-state index in [9.17, 15) is 5.11 Å². The Labute approximate surface area is 134 Å². The number of aliphatic hydroxyl groups excluding tert-OH is 1. The molecule has 0 spiro atoms. The Morgan fingerprint density at radius 2 is 1.90 bits per heavy atom. The third-order valence-corrected chi connectivity index (χ3v) is 5.01. The second-order valence-electron chi connectivity index (χ2n) is 6.44. The van der Waals surface area contributed by atoms with Gasteiger partial charge in [-0.25, -0.2) is 0 Å². The Bertz CT molecular complexity index is 449. The Kier molecular flexibility index (Phi) is 6.09. The number of halogens is 1. The predicted octanol–water partition coefficient (Wildman–Crippen LogP) is 4.13. The zero-order valence-corrected chi connectivity index (χ0v) is 14.3. The average Bonchev–Trinajstić information content (AvgIpc) is 2.40. The smallest absolute Gasteiger partial charge is 0.0717 e. The number of alkyl halides is 1. The van der Waals surface area contributed by atoms with Crippen LogP contribution in [-0.2, 0) is 0 Å². The number of hydrogen-bond acceptors (Lipinski definition) is 2. The van der Waals surface area contributed by atoms with Gasteiger partial charge in [0.15, 0.2) is 0 Å². The van der Waals surface area contributed by atoms with Crippen molar-refractivity contribution < 1.29 is 5.11 Å². The molecule has 1 aliphatic heterocycles. The zero-order chi connectivity index (χ0) is 15.4. The third kappa shape index (κ3) is 4.21. The maximum Gasteiger partial charge on any atom is 0.0717 e. The standard InChI is InChI=1S/C18H28ClNO/c1-13-10-14(2)18(15(3)11-13)17(19)12-20-8-5-4-6-16(20)7-9-21/h10-11,16-17,21H,4-9,12H2,1-3H3. The van der Waals surface area contributed by atoms with Crippen molar-refractivity contribution in [3.8, 4) is 0 Å². The molecule has 1 aromatic carbocycles. The van der Waals surface area contributed by atoms with E-state index >= 15 is 0 Å². The number of likely N-dealkylation sites (tertiary alicyclic amines) is 1. The van der Waals surface area contributed by atoms with Gasteiger partial charge in [-0.15, -0.1) is 11.6 Å². The summed E-state index contributed by atoms with van der Waals surface area (Å²) < 4.78 is 0. The lowest BCUT2D eigenvalue weighted by Gasteiger charge is -2.37. The van der Waals surface area contributed by atoms with Crippen molar-refractivity contribution in [1.29, 1.82) is 0 Å². The molecule has 1 aliphatic rings. The molecule has 1 heterocycles. The molecule has 21 heavy (non-hydrogen) atoms. The molecule has 0 saturated carbocycles. The lowest BCUT2D eigenvalue weighted by molar-refractivity contribution is 0.119. The van der Waals surface area contributed by atoms with Crippen LogP contribution in [0.1, 0.15) is 53.3 Å². The molecule has 2 nitrogen and oxygen atoms in total. The van der Waals surface area contributed by atoms with Gasteiger partial charge in [0.1, 0.15) is 0 Å². The van der Waals surface area contributed by atoms with Crippen LogP contribution in [0.5, 0.6) is 0 Å². The maximum absolute atomic E-state index is 9.25. The normalized spacial score (nSPS) is 21.5. The monoisotopic (exact) mass is 309 g/mol. The summed E-state index contributed by atoms with van der Waals surface area (Å²) in [6, 6.07) is 4.94.